The highest BCUT2D eigenvalue weighted by molar-refractivity contribution is 5.89. The Kier molecular flexibility index (Phi) is 5.22. The number of ether oxygens (including phenoxy) is 3. The van der Waals surface area contributed by atoms with Crippen LogP contribution in [0.1, 0.15) is 68.1 Å². The van der Waals surface area contributed by atoms with Gasteiger partial charge in [-0.3, -0.25) is 4.79 Å². The molecule has 1 aliphatic heterocycles. The van der Waals surface area contributed by atoms with Gasteiger partial charge in [0.2, 0.25) is 0 Å². The number of aromatic nitrogens is 1. The highest BCUT2D eigenvalue weighted by Gasteiger charge is 2.38. The van der Waals surface area contributed by atoms with Gasteiger partial charge in [-0.1, -0.05) is 20.8 Å². The molecule has 7 nitrogen and oxygen atoms in total. The number of nitrogens with zero attached hydrogens (tertiary/aromatic N) is 1. The predicted molar refractivity (Wildman–Crippen MR) is 112 cm³/mol. The number of carboxylic acid groups (broad SMARTS) is 1. The van der Waals surface area contributed by atoms with Crippen LogP contribution in [0.15, 0.2) is 23.0 Å². The van der Waals surface area contributed by atoms with Crippen LogP contribution in [0, 0.1) is 5.92 Å². The molecule has 2 aromatic rings. The van der Waals surface area contributed by atoms with Crippen LogP contribution < -0.4 is 19.8 Å². The molecule has 1 atom stereocenters. The number of hydrogen-bond acceptors (Lipinski definition) is 5. The van der Waals surface area contributed by atoms with Gasteiger partial charge in [0.15, 0.2) is 11.5 Å². The predicted octanol–water partition coefficient (Wildman–Crippen LogP) is 4.44. The monoisotopic (exact) mass is 413 g/mol. The van der Waals surface area contributed by atoms with E-state index in [1.165, 1.54) is 6.07 Å². The normalized spacial score (nSPS) is 17.2. The summed E-state index contributed by atoms with van der Waals surface area (Å²) in [5, 5.41) is 9.62. The second-order valence-electron chi connectivity index (χ2n) is 8.20. The number of rotatable bonds is 7. The molecule has 1 aliphatic carbocycles. The number of carbonyl (C=O) groups is 1. The van der Waals surface area contributed by atoms with Gasteiger partial charge >= 0.3 is 5.97 Å². The third-order valence-electron chi connectivity index (χ3n) is 5.55. The summed E-state index contributed by atoms with van der Waals surface area (Å²) >= 11 is 0. The Morgan fingerprint density at radius 3 is 2.57 bits per heavy atom. The van der Waals surface area contributed by atoms with Gasteiger partial charge in [0.05, 0.1) is 19.4 Å². The Morgan fingerprint density at radius 2 is 2.00 bits per heavy atom. The number of methoxy groups -OCH3 is 1. The minimum absolute atomic E-state index is 0.00586. The zero-order chi connectivity index (χ0) is 21.6. The van der Waals surface area contributed by atoms with Gasteiger partial charge in [0.25, 0.3) is 5.56 Å². The summed E-state index contributed by atoms with van der Waals surface area (Å²) < 4.78 is 19.4. The van der Waals surface area contributed by atoms with Crippen molar-refractivity contribution in [2.24, 2.45) is 5.92 Å². The van der Waals surface area contributed by atoms with Crippen molar-refractivity contribution in [1.29, 1.82) is 0 Å². The van der Waals surface area contributed by atoms with Crippen LogP contribution in [0.3, 0.4) is 0 Å². The molecule has 160 valence electrons. The first-order valence-corrected chi connectivity index (χ1v) is 10.4. The summed E-state index contributed by atoms with van der Waals surface area (Å²) in [5.41, 5.74) is 1.50. The Hall–Kier alpha value is -2.96. The maximum atomic E-state index is 13.1. The Bertz CT molecular complexity index is 1050. The second-order valence-corrected chi connectivity index (χ2v) is 8.20. The van der Waals surface area contributed by atoms with E-state index in [4.69, 9.17) is 14.2 Å². The molecule has 0 radical (unpaired) electrons. The Morgan fingerprint density at radius 1 is 1.27 bits per heavy atom. The van der Waals surface area contributed by atoms with E-state index < -0.39 is 11.5 Å². The smallest absolute Gasteiger partial charge is 0.341 e. The average Bonchev–Trinajstić information content (AvgIpc) is 3.55. The SMILES string of the molecule is CCCOc1cc2c(cc1OC)-c1c(cc(C(=O)O)c(=O)n1C1CC1)C(C(C)C)O2. The van der Waals surface area contributed by atoms with Gasteiger partial charge in [0, 0.05) is 23.2 Å². The van der Waals surface area contributed by atoms with E-state index in [0.717, 1.165) is 36.1 Å². The lowest BCUT2D eigenvalue weighted by molar-refractivity contribution is 0.0693. The van der Waals surface area contributed by atoms with Crippen molar-refractivity contribution >= 4 is 5.97 Å². The largest absolute Gasteiger partial charge is 0.493 e. The number of hydrogen-bond donors (Lipinski definition) is 1. The van der Waals surface area contributed by atoms with Crippen LogP contribution in [-0.2, 0) is 0 Å². The highest BCUT2D eigenvalue weighted by atomic mass is 16.5. The minimum Gasteiger partial charge on any atom is -0.493 e. The number of pyridine rings is 1. The summed E-state index contributed by atoms with van der Waals surface area (Å²) in [5.74, 6) is 0.616. The summed E-state index contributed by atoms with van der Waals surface area (Å²) in [6.07, 6.45) is 2.20. The minimum atomic E-state index is -1.22. The van der Waals surface area contributed by atoms with Crippen molar-refractivity contribution in [1.82, 2.24) is 4.57 Å². The van der Waals surface area contributed by atoms with E-state index in [2.05, 4.69) is 0 Å². The standard InChI is InChI=1S/C23H27NO6/c1-5-8-29-19-11-17-14(10-18(19)28-4)20-15(21(30-17)12(2)3)9-16(23(26)27)22(25)24(20)13-6-7-13/h9-13,21H,5-8H2,1-4H3,(H,26,27). The van der Waals surface area contributed by atoms with Crippen molar-refractivity contribution in [2.45, 2.75) is 52.2 Å². The van der Waals surface area contributed by atoms with Crippen molar-refractivity contribution in [2.75, 3.05) is 13.7 Å². The number of fused-ring (bicyclic) bond motifs is 3. The molecule has 1 saturated carbocycles. The van der Waals surface area contributed by atoms with Gasteiger partial charge in [0.1, 0.15) is 17.4 Å². The maximum absolute atomic E-state index is 13.1. The van der Waals surface area contributed by atoms with Crippen LogP contribution in [0.4, 0.5) is 0 Å². The zero-order valence-electron chi connectivity index (χ0n) is 17.7. The molecule has 30 heavy (non-hydrogen) atoms. The summed E-state index contributed by atoms with van der Waals surface area (Å²) in [7, 11) is 1.57. The molecule has 2 aliphatic rings. The Labute approximate surface area is 175 Å². The van der Waals surface area contributed by atoms with Gasteiger partial charge < -0.3 is 23.9 Å². The lowest BCUT2D eigenvalue weighted by Crippen LogP contribution is -2.32. The van der Waals surface area contributed by atoms with Crippen LogP contribution in [0.2, 0.25) is 0 Å². The first-order valence-electron chi connectivity index (χ1n) is 10.4. The summed E-state index contributed by atoms with van der Waals surface area (Å²) in [6, 6.07) is 5.13. The van der Waals surface area contributed by atoms with Crippen LogP contribution in [-0.4, -0.2) is 29.4 Å². The molecule has 2 heterocycles. The van der Waals surface area contributed by atoms with Crippen molar-refractivity contribution in [3.63, 3.8) is 0 Å². The topological polar surface area (TPSA) is 87.0 Å². The molecule has 0 amide bonds. The fraction of sp³-hybridized carbons (Fsp3) is 0.478. The summed E-state index contributed by atoms with van der Waals surface area (Å²) in [4.78, 5) is 24.9. The Balaban J connectivity index is 2.01. The molecular weight excluding hydrogens is 386 g/mol. The number of aromatic carboxylic acids is 1. The first-order chi connectivity index (χ1) is 14.4. The molecule has 0 bridgehead atoms. The van der Waals surface area contributed by atoms with Crippen molar-refractivity contribution in [3.05, 3.63) is 39.7 Å². The van der Waals surface area contributed by atoms with E-state index in [-0.39, 0.29) is 23.6 Å². The van der Waals surface area contributed by atoms with Crippen LogP contribution in [0.5, 0.6) is 17.2 Å². The zero-order valence-corrected chi connectivity index (χ0v) is 17.7. The molecule has 1 aromatic heterocycles. The third kappa shape index (κ3) is 3.32. The van der Waals surface area contributed by atoms with Gasteiger partial charge in [-0.05, 0) is 37.3 Å². The highest BCUT2D eigenvalue weighted by Crippen LogP contribution is 2.51. The van der Waals surface area contributed by atoms with Gasteiger partial charge in [-0.25, -0.2) is 4.79 Å². The number of carboxylic acids is 1. The third-order valence-corrected chi connectivity index (χ3v) is 5.55. The quantitative estimate of drug-likeness (QED) is 0.722. The fourth-order valence-electron chi connectivity index (χ4n) is 4.00. The van der Waals surface area contributed by atoms with E-state index in [0.29, 0.717) is 23.9 Å². The number of benzene rings is 1. The molecule has 0 spiro atoms. The van der Waals surface area contributed by atoms with Crippen molar-refractivity contribution in [3.8, 4) is 28.5 Å². The molecule has 4 rings (SSSR count). The summed E-state index contributed by atoms with van der Waals surface area (Å²) in [6.45, 7) is 6.61. The van der Waals surface area contributed by atoms with Gasteiger partial charge in [-0.2, -0.15) is 0 Å². The van der Waals surface area contributed by atoms with E-state index >= 15 is 0 Å². The van der Waals surface area contributed by atoms with Crippen LogP contribution in [0.25, 0.3) is 11.3 Å². The van der Waals surface area contributed by atoms with Crippen molar-refractivity contribution < 1.29 is 24.1 Å². The van der Waals surface area contributed by atoms with E-state index in [1.807, 2.05) is 32.9 Å². The lowest BCUT2D eigenvalue weighted by Gasteiger charge is -2.33. The van der Waals surface area contributed by atoms with Gasteiger partial charge in [-0.15, -0.1) is 0 Å². The molecule has 1 aromatic carbocycles. The molecular formula is C23H27NO6. The molecule has 0 saturated heterocycles. The van der Waals surface area contributed by atoms with Crippen LogP contribution >= 0.6 is 0 Å². The molecule has 1 N–H and O–H groups in total. The van der Waals surface area contributed by atoms with E-state index in [1.54, 1.807) is 11.7 Å². The fourth-order valence-corrected chi connectivity index (χ4v) is 4.00. The molecule has 7 heteroatoms. The lowest BCUT2D eigenvalue weighted by atomic mass is 9.89. The molecule has 1 unspecified atom stereocenters. The molecule has 1 fully saturated rings. The second kappa shape index (κ2) is 7.70. The maximum Gasteiger partial charge on any atom is 0.341 e. The van der Waals surface area contributed by atoms with E-state index in [9.17, 15) is 14.7 Å². The average molecular weight is 413 g/mol. The first kappa shape index (κ1) is 20.3.